The number of aromatic nitrogens is 4. The highest BCUT2D eigenvalue weighted by atomic mass is 16.7. The molecule has 3 heterocycles. The molecule has 3 aromatic rings. The van der Waals surface area contributed by atoms with Crippen molar-refractivity contribution >= 4 is 10.9 Å². The Morgan fingerprint density at radius 1 is 1.26 bits per heavy atom. The summed E-state index contributed by atoms with van der Waals surface area (Å²) in [5, 5.41) is 5.46. The first kappa shape index (κ1) is 13.3. The lowest BCUT2D eigenvalue weighted by Gasteiger charge is -2.31. The third-order valence-corrected chi connectivity index (χ3v) is 4.89. The van der Waals surface area contributed by atoms with E-state index in [0.29, 0.717) is 13.2 Å². The molecule has 6 nitrogen and oxygen atoms in total. The second-order valence-electron chi connectivity index (χ2n) is 6.34. The van der Waals surface area contributed by atoms with Gasteiger partial charge in [-0.1, -0.05) is 6.07 Å². The van der Waals surface area contributed by atoms with Gasteiger partial charge in [-0.05, 0) is 29.7 Å². The Bertz CT molecular complexity index is 847. The van der Waals surface area contributed by atoms with Crippen LogP contribution < -0.4 is 0 Å². The van der Waals surface area contributed by atoms with Crippen LogP contribution in [0.1, 0.15) is 23.2 Å². The van der Waals surface area contributed by atoms with Crippen LogP contribution in [-0.2, 0) is 28.9 Å². The van der Waals surface area contributed by atoms with Gasteiger partial charge < -0.3 is 14.5 Å². The zero-order valence-corrected chi connectivity index (χ0v) is 12.8. The summed E-state index contributed by atoms with van der Waals surface area (Å²) in [6.45, 7) is 2.14. The van der Waals surface area contributed by atoms with E-state index in [9.17, 15) is 0 Å². The predicted molar refractivity (Wildman–Crippen MR) is 84.1 cm³/mol. The Morgan fingerprint density at radius 3 is 3.00 bits per heavy atom. The van der Waals surface area contributed by atoms with E-state index in [0.717, 1.165) is 25.8 Å². The van der Waals surface area contributed by atoms with E-state index in [1.807, 2.05) is 4.68 Å². The van der Waals surface area contributed by atoms with Crippen LogP contribution in [0.2, 0.25) is 0 Å². The average molecular weight is 310 g/mol. The summed E-state index contributed by atoms with van der Waals surface area (Å²) in [5.74, 6) is -0.399. The highest BCUT2D eigenvalue weighted by molar-refractivity contribution is 5.85. The summed E-state index contributed by atoms with van der Waals surface area (Å²) in [6, 6.07) is 6.55. The van der Waals surface area contributed by atoms with Crippen molar-refractivity contribution < 1.29 is 9.47 Å². The van der Waals surface area contributed by atoms with Crippen molar-refractivity contribution in [2.75, 3.05) is 13.2 Å². The van der Waals surface area contributed by atoms with Gasteiger partial charge in [0.25, 0.3) is 0 Å². The number of aromatic amines is 1. The number of ether oxygens (including phenoxy) is 2. The van der Waals surface area contributed by atoms with E-state index < -0.39 is 5.79 Å². The van der Waals surface area contributed by atoms with Gasteiger partial charge in [-0.25, -0.2) is 9.67 Å². The molecule has 0 radical (unpaired) electrons. The van der Waals surface area contributed by atoms with Gasteiger partial charge in [-0.15, -0.1) is 0 Å². The number of benzene rings is 1. The third-order valence-electron chi connectivity index (χ3n) is 4.89. The van der Waals surface area contributed by atoms with Crippen molar-refractivity contribution in [3.63, 3.8) is 0 Å². The van der Waals surface area contributed by atoms with Crippen LogP contribution in [0, 0.1) is 0 Å². The van der Waals surface area contributed by atoms with Gasteiger partial charge in [-0.2, -0.15) is 5.10 Å². The summed E-state index contributed by atoms with van der Waals surface area (Å²) in [7, 11) is 0. The van der Waals surface area contributed by atoms with E-state index in [1.54, 1.807) is 12.7 Å². The topological polar surface area (TPSA) is 65.0 Å². The van der Waals surface area contributed by atoms with Gasteiger partial charge in [-0.3, -0.25) is 0 Å². The molecule has 1 aromatic carbocycles. The molecule has 0 saturated carbocycles. The van der Waals surface area contributed by atoms with E-state index in [1.165, 1.54) is 27.7 Å². The molecule has 0 bridgehead atoms. The number of hydrogen-bond donors (Lipinski definition) is 1. The molecule has 0 atom stereocenters. The molecule has 0 amide bonds. The molecular weight excluding hydrogens is 292 g/mol. The molecule has 1 aliphatic carbocycles. The fourth-order valence-electron chi connectivity index (χ4n) is 3.78. The van der Waals surface area contributed by atoms with Gasteiger partial charge in [0.2, 0.25) is 0 Å². The molecule has 1 fully saturated rings. The zero-order chi connectivity index (χ0) is 15.3. The summed E-state index contributed by atoms with van der Waals surface area (Å²) in [5.41, 5.74) is 5.07. The Hall–Kier alpha value is -2.18. The van der Waals surface area contributed by atoms with Crippen molar-refractivity contribution in [1.29, 1.82) is 0 Å². The number of nitrogens with zero attached hydrogens (tertiary/aromatic N) is 3. The Labute approximate surface area is 133 Å². The summed E-state index contributed by atoms with van der Waals surface area (Å²) in [6.07, 6.45) is 6.04. The molecule has 118 valence electrons. The van der Waals surface area contributed by atoms with Crippen LogP contribution in [-0.4, -0.2) is 38.7 Å². The van der Waals surface area contributed by atoms with Crippen molar-refractivity contribution in [2.45, 2.75) is 31.6 Å². The first-order valence-corrected chi connectivity index (χ1v) is 8.04. The predicted octanol–water partition coefficient (Wildman–Crippen LogP) is 2.04. The fraction of sp³-hybridized carbons (Fsp3) is 0.412. The second kappa shape index (κ2) is 4.91. The van der Waals surface area contributed by atoms with E-state index in [-0.39, 0.29) is 0 Å². The molecule has 0 unspecified atom stereocenters. The maximum atomic E-state index is 5.91. The first-order chi connectivity index (χ1) is 11.3. The summed E-state index contributed by atoms with van der Waals surface area (Å²) in [4.78, 5) is 7.56. The molecule has 1 aliphatic heterocycles. The monoisotopic (exact) mass is 310 g/mol. The maximum absolute atomic E-state index is 5.91. The largest absolute Gasteiger partial charge is 0.358 e. The van der Waals surface area contributed by atoms with Crippen LogP contribution in [0.3, 0.4) is 0 Å². The number of rotatable bonds is 2. The molecule has 1 spiro atoms. The van der Waals surface area contributed by atoms with E-state index >= 15 is 0 Å². The third kappa shape index (κ3) is 2.17. The van der Waals surface area contributed by atoms with E-state index in [2.05, 4.69) is 33.3 Å². The molecule has 23 heavy (non-hydrogen) atoms. The van der Waals surface area contributed by atoms with Crippen LogP contribution in [0.5, 0.6) is 0 Å². The SMILES string of the molecule is c1ncn(Cc2ccc3[nH]c4c(c3c2)CC2(CC4)OCCO2)n1. The molecule has 2 aromatic heterocycles. The minimum Gasteiger partial charge on any atom is -0.358 e. The Balaban J connectivity index is 1.54. The van der Waals surface area contributed by atoms with Gasteiger partial charge in [0, 0.05) is 29.4 Å². The quantitative estimate of drug-likeness (QED) is 0.786. The second-order valence-corrected chi connectivity index (χ2v) is 6.34. The smallest absolute Gasteiger partial charge is 0.172 e. The molecular formula is C17H18N4O2. The Kier molecular flexibility index (Phi) is 2.83. The molecule has 2 aliphatic rings. The molecule has 1 N–H and O–H groups in total. The minimum absolute atomic E-state index is 0.399. The maximum Gasteiger partial charge on any atom is 0.172 e. The highest BCUT2D eigenvalue weighted by Gasteiger charge is 2.41. The van der Waals surface area contributed by atoms with Gasteiger partial charge in [0.15, 0.2) is 5.79 Å². The fourth-order valence-corrected chi connectivity index (χ4v) is 3.78. The van der Waals surface area contributed by atoms with Crippen LogP contribution >= 0.6 is 0 Å². The summed E-state index contributed by atoms with van der Waals surface area (Å²) < 4.78 is 13.7. The molecule has 5 rings (SSSR count). The normalized spacial score (nSPS) is 19.5. The van der Waals surface area contributed by atoms with Gasteiger partial charge in [0.05, 0.1) is 19.8 Å². The number of nitrogens with one attached hydrogen (secondary N) is 1. The minimum atomic E-state index is -0.399. The summed E-state index contributed by atoms with van der Waals surface area (Å²) >= 11 is 0. The number of fused-ring (bicyclic) bond motifs is 3. The van der Waals surface area contributed by atoms with Crippen molar-refractivity contribution in [2.24, 2.45) is 0 Å². The molecule has 1 saturated heterocycles. The zero-order valence-electron chi connectivity index (χ0n) is 12.8. The van der Waals surface area contributed by atoms with Crippen LogP contribution in [0.15, 0.2) is 30.9 Å². The van der Waals surface area contributed by atoms with Crippen LogP contribution in [0.4, 0.5) is 0 Å². The van der Waals surface area contributed by atoms with Gasteiger partial charge in [0.1, 0.15) is 12.7 Å². The highest BCUT2D eigenvalue weighted by Crippen LogP contribution is 2.38. The Morgan fingerprint density at radius 2 is 2.17 bits per heavy atom. The van der Waals surface area contributed by atoms with E-state index in [4.69, 9.17) is 9.47 Å². The van der Waals surface area contributed by atoms with Crippen molar-refractivity contribution in [1.82, 2.24) is 19.7 Å². The standard InChI is InChI=1S/C17H18N4O2/c1-2-15-13(7-12(1)9-21-11-18-10-19-21)14-8-17(22-5-6-23-17)4-3-16(14)20-15/h1-2,7,10-11,20H,3-6,8-9H2. The number of H-pyrrole nitrogens is 1. The number of hydrogen-bond acceptors (Lipinski definition) is 4. The van der Waals surface area contributed by atoms with Crippen LogP contribution in [0.25, 0.3) is 10.9 Å². The average Bonchev–Trinajstić information content (AvgIpc) is 3.29. The first-order valence-electron chi connectivity index (χ1n) is 8.04. The van der Waals surface area contributed by atoms with Crippen molar-refractivity contribution in [3.05, 3.63) is 47.7 Å². The van der Waals surface area contributed by atoms with Gasteiger partial charge >= 0.3 is 0 Å². The molecule has 6 heteroatoms. The lowest BCUT2D eigenvalue weighted by atomic mass is 9.90. The lowest BCUT2D eigenvalue weighted by molar-refractivity contribution is -0.163. The lowest BCUT2D eigenvalue weighted by Crippen LogP contribution is -2.36. The number of aryl methyl sites for hydroxylation is 1. The van der Waals surface area contributed by atoms with Crippen molar-refractivity contribution in [3.8, 4) is 0 Å².